The molecule has 3 aromatic rings. The number of pyridine rings is 1. The molecule has 0 aliphatic carbocycles. The number of hydrogen-bond acceptors (Lipinski definition) is 5. The molecule has 0 radical (unpaired) electrons. The van der Waals surface area contributed by atoms with Crippen molar-refractivity contribution < 1.29 is 24.5 Å². The molecular weight excluding hydrogens is 444 g/mol. The molecule has 0 spiro atoms. The van der Waals surface area contributed by atoms with Crippen LogP contribution in [-0.4, -0.2) is 44.3 Å². The van der Waals surface area contributed by atoms with Gasteiger partial charge in [-0.05, 0) is 43.5 Å². The highest BCUT2D eigenvalue weighted by atomic mass is 16.6. The maximum absolute atomic E-state index is 13.2. The highest BCUT2D eigenvalue weighted by Crippen LogP contribution is 2.42. The maximum atomic E-state index is 13.2. The van der Waals surface area contributed by atoms with E-state index in [1.54, 1.807) is 24.8 Å². The summed E-state index contributed by atoms with van der Waals surface area (Å²) in [6.45, 7) is 5.91. The van der Waals surface area contributed by atoms with Gasteiger partial charge in [0.2, 0.25) is 0 Å². The minimum absolute atomic E-state index is 0.00114. The minimum atomic E-state index is -1.06. The average Bonchev–Trinajstić information content (AvgIpc) is 2.83. The number of ether oxygens (including phenoxy) is 1. The first-order valence-corrected chi connectivity index (χ1v) is 11.7. The van der Waals surface area contributed by atoms with Crippen LogP contribution in [0.1, 0.15) is 61.3 Å². The van der Waals surface area contributed by atoms with Crippen LogP contribution in [0.4, 0.5) is 4.79 Å². The van der Waals surface area contributed by atoms with E-state index in [-0.39, 0.29) is 11.7 Å². The molecule has 0 saturated carbocycles. The molecule has 2 atom stereocenters. The van der Waals surface area contributed by atoms with Gasteiger partial charge in [-0.1, -0.05) is 60.7 Å². The number of amides is 1. The summed E-state index contributed by atoms with van der Waals surface area (Å²) in [7, 11) is 0. The summed E-state index contributed by atoms with van der Waals surface area (Å²) < 4.78 is 6.09. The summed E-state index contributed by atoms with van der Waals surface area (Å²) in [5.41, 5.74) is 1.66. The van der Waals surface area contributed by atoms with Crippen molar-refractivity contribution in [2.24, 2.45) is 0 Å². The molecule has 1 aliphatic heterocycles. The lowest BCUT2D eigenvalue weighted by Gasteiger charge is -2.45. The zero-order valence-electron chi connectivity index (χ0n) is 20.1. The molecule has 1 aromatic heterocycles. The van der Waals surface area contributed by atoms with Gasteiger partial charge in [-0.2, -0.15) is 0 Å². The van der Waals surface area contributed by atoms with Crippen LogP contribution in [0.15, 0.2) is 72.9 Å². The summed E-state index contributed by atoms with van der Waals surface area (Å²) >= 11 is 0. The lowest BCUT2D eigenvalue weighted by atomic mass is 9.80. The van der Waals surface area contributed by atoms with Gasteiger partial charge in [-0.15, -0.1) is 0 Å². The van der Waals surface area contributed by atoms with Crippen molar-refractivity contribution in [3.05, 3.63) is 89.7 Å². The van der Waals surface area contributed by atoms with E-state index in [9.17, 15) is 14.7 Å². The van der Waals surface area contributed by atoms with Gasteiger partial charge in [0.1, 0.15) is 11.3 Å². The summed E-state index contributed by atoms with van der Waals surface area (Å²) in [4.78, 5) is 29.9. The van der Waals surface area contributed by atoms with Gasteiger partial charge in [0, 0.05) is 31.1 Å². The second kappa shape index (κ2) is 9.50. The van der Waals surface area contributed by atoms with Gasteiger partial charge >= 0.3 is 12.1 Å². The molecule has 1 unspecified atom stereocenters. The van der Waals surface area contributed by atoms with Crippen molar-refractivity contribution in [2.75, 3.05) is 6.54 Å². The fourth-order valence-corrected chi connectivity index (χ4v) is 4.72. The van der Waals surface area contributed by atoms with Crippen molar-refractivity contribution in [1.29, 1.82) is 0 Å². The number of carboxylic acid groups (broad SMARTS) is 1. The number of rotatable bonds is 7. The Hall–Kier alpha value is -3.71. The molecular formula is C28H30N2O5. The molecule has 2 heterocycles. The molecule has 1 saturated heterocycles. The van der Waals surface area contributed by atoms with E-state index in [1.807, 2.05) is 61.5 Å². The summed E-state index contributed by atoms with van der Waals surface area (Å²) in [5.74, 6) is -1.06. The third kappa shape index (κ3) is 5.35. The van der Waals surface area contributed by atoms with E-state index in [2.05, 4.69) is 4.98 Å². The topological polar surface area (TPSA) is 100.0 Å². The molecule has 1 amide bonds. The standard InChI is InChI=1S/C28H30N2O5/c1-19(20-9-11-21(12-10-20)22-13-14-24(25(31)32)29-17-22)30-16-15-28(35-26(30)33,18-27(2,3)34)23-7-5-4-6-8-23/h4-14,17,19,34H,15-16,18H2,1-3H3,(H,31,32)/t19-,28?/m0/s1. The van der Waals surface area contributed by atoms with Crippen molar-refractivity contribution in [1.82, 2.24) is 9.88 Å². The quantitative estimate of drug-likeness (QED) is 0.475. The average molecular weight is 475 g/mol. The van der Waals surface area contributed by atoms with Crippen LogP contribution in [0.2, 0.25) is 0 Å². The lowest BCUT2D eigenvalue weighted by molar-refractivity contribution is -0.101. The van der Waals surface area contributed by atoms with Crippen LogP contribution in [-0.2, 0) is 10.3 Å². The van der Waals surface area contributed by atoms with E-state index < -0.39 is 23.3 Å². The Morgan fingerprint density at radius 2 is 1.74 bits per heavy atom. The third-order valence-corrected chi connectivity index (χ3v) is 6.47. The van der Waals surface area contributed by atoms with Gasteiger partial charge in [-0.25, -0.2) is 14.6 Å². The monoisotopic (exact) mass is 474 g/mol. The number of carbonyl (C=O) groups excluding carboxylic acids is 1. The van der Waals surface area contributed by atoms with E-state index in [1.165, 1.54) is 12.3 Å². The molecule has 182 valence electrons. The SMILES string of the molecule is C[C@@H](c1ccc(-c2ccc(C(=O)O)nc2)cc1)N1CCC(CC(C)(C)O)(c2ccccc2)OC1=O. The summed E-state index contributed by atoms with van der Waals surface area (Å²) in [6.07, 6.45) is 2.00. The molecule has 0 bridgehead atoms. The number of carbonyl (C=O) groups is 2. The molecule has 4 rings (SSSR count). The molecule has 1 aliphatic rings. The van der Waals surface area contributed by atoms with Crippen molar-refractivity contribution >= 4 is 12.1 Å². The molecule has 2 aromatic carbocycles. The number of aliphatic hydroxyl groups is 1. The smallest absolute Gasteiger partial charge is 0.411 e. The van der Waals surface area contributed by atoms with E-state index in [0.717, 1.165) is 22.3 Å². The Morgan fingerprint density at radius 3 is 2.29 bits per heavy atom. The van der Waals surface area contributed by atoms with Gasteiger partial charge in [0.25, 0.3) is 0 Å². The van der Waals surface area contributed by atoms with Gasteiger partial charge < -0.3 is 19.8 Å². The molecule has 1 fully saturated rings. The predicted octanol–water partition coefficient (Wildman–Crippen LogP) is 5.41. The minimum Gasteiger partial charge on any atom is -0.477 e. The number of nitrogens with zero attached hydrogens (tertiary/aromatic N) is 2. The van der Waals surface area contributed by atoms with Crippen molar-refractivity contribution in [3.63, 3.8) is 0 Å². The number of aromatic nitrogens is 1. The number of cyclic esters (lactones) is 1. The Morgan fingerprint density at radius 1 is 1.09 bits per heavy atom. The maximum Gasteiger partial charge on any atom is 0.411 e. The summed E-state index contributed by atoms with van der Waals surface area (Å²) in [5, 5.41) is 19.6. The number of carboxylic acids is 1. The van der Waals surface area contributed by atoms with E-state index >= 15 is 0 Å². The Balaban J connectivity index is 1.51. The molecule has 7 nitrogen and oxygen atoms in total. The van der Waals surface area contributed by atoms with E-state index in [4.69, 9.17) is 9.84 Å². The summed E-state index contributed by atoms with van der Waals surface area (Å²) in [6, 6.07) is 20.4. The van der Waals surface area contributed by atoms with Crippen LogP contribution in [0.25, 0.3) is 11.1 Å². The lowest BCUT2D eigenvalue weighted by Crippen LogP contribution is -2.51. The number of aromatic carboxylic acids is 1. The first-order chi connectivity index (χ1) is 16.6. The van der Waals surface area contributed by atoms with Crippen LogP contribution < -0.4 is 0 Å². The first-order valence-electron chi connectivity index (χ1n) is 11.7. The fourth-order valence-electron chi connectivity index (χ4n) is 4.72. The van der Waals surface area contributed by atoms with Crippen LogP contribution in [0.3, 0.4) is 0 Å². The zero-order chi connectivity index (χ0) is 25.2. The largest absolute Gasteiger partial charge is 0.477 e. The third-order valence-electron chi connectivity index (χ3n) is 6.47. The van der Waals surface area contributed by atoms with Crippen LogP contribution >= 0.6 is 0 Å². The number of benzene rings is 2. The van der Waals surface area contributed by atoms with Gasteiger partial charge in [0.15, 0.2) is 0 Å². The molecule has 2 N–H and O–H groups in total. The van der Waals surface area contributed by atoms with Gasteiger partial charge in [0.05, 0.1) is 11.6 Å². The second-order valence-electron chi connectivity index (χ2n) is 9.70. The first kappa shape index (κ1) is 24.4. The van der Waals surface area contributed by atoms with Crippen molar-refractivity contribution in [2.45, 2.75) is 50.9 Å². The Kier molecular flexibility index (Phi) is 6.63. The van der Waals surface area contributed by atoms with Crippen LogP contribution in [0.5, 0.6) is 0 Å². The highest BCUT2D eigenvalue weighted by molar-refractivity contribution is 5.85. The second-order valence-corrected chi connectivity index (χ2v) is 9.70. The molecule has 35 heavy (non-hydrogen) atoms. The fraction of sp³-hybridized carbons (Fsp3) is 0.321. The normalized spacial score (nSPS) is 19.2. The Labute approximate surface area is 205 Å². The Bertz CT molecular complexity index is 1190. The molecule has 7 heteroatoms. The van der Waals surface area contributed by atoms with Gasteiger partial charge in [-0.3, -0.25) is 0 Å². The number of hydrogen-bond donors (Lipinski definition) is 2. The predicted molar refractivity (Wildman–Crippen MR) is 132 cm³/mol. The highest BCUT2D eigenvalue weighted by Gasteiger charge is 2.46. The van der Waals surface area contributed by atoms with E-state index in [0.29, 0.717) is 19.4 Å². The van der Waals surface area contributed by atoms with Crippen LogP contribution in [0, 0.1) is 0 Å². The zero-order valence-corrected chi connectivity index (χ0v) is 20.1. The van der Waals surface area contributed by atoms with Crippen molar-refractivity contribution in [3.8, 4) is 11.1 Å².